The lowest BCUT2D eigenvalue weighted by atomic mass is 10.1. The molecule has 0 bridgehead atoms. The standard InChI is InChI=1S/C10H17NO2S/c1-8(7-14(3)12)11-9(2)10-4-5-13-6-10/h4-6,8-9,11H,7H2,1-3H3. The summed E-state index contributed by atoms with van der Waals surface area (Å²) < 4.78 is 16.0. The minimum absolute atomic E-state index is 0.243. The van der Waals surface area contributed by atoms with Gasteiger partial charge >= 0.3 is 0 Å². The van der Waals surface area contributed by atoms with Crippen LogP contribution in [0.4, 0.5) is 0 Å². The molecule has 0 aliphatic rings. The van der Waals surface area contributed by atoms with E-state index < -0.39 is 10.8 Å². The predicted octanol–water partition coefficient (Wildman–Crippen LogP) is 1.70. The second-order valence-electron chi connectivity index (χ2n) is 3.59. The molecule has 0 amide bonds. The lowest BCUT2D eigenvalue weighted by molar-refractivity contribution is 0.498. The second-order valence-corrected chi connectivity index (χ2v) is 5.07. The number of rotatable bonds is 5. The van der Waals surface area contributed by atoms with Gasteiger partial charge in [0.1, 0.15) is 0 Å². The Kier molecular flexibility index (Phi) is 4.35. The maximum Gasteiger partial charge on any atom is 0.0950 e. The van der Waals surface area contributed by atoms with Crippen molar-refractivity contribution in [3.8, 4) is 0 Å². The first-order chi connectivity index (χ1) is 6.59. The molecule has 1 aromatic rings. The van der Waals surface area contributed by atoms with Crippen molar-refractivity contribution >= 4 is 10.8 Å². The number of hydrogen-bond acceptors (Lipinski definition) is 3. The van der Waals surface area contributed by atoms with Crippen molar-refractivity contribution in [3.63, 3.8) is 0 Å². The fraction of sp³-hybridized carbons (Fsp3) is 0.600. The molecule has 0 aliphatic heterocycles. The molecule has 0 spiro atoms. The van der Waals surface area contributed by atoms with Gasteiger partial charge < -0.3 is 9.73 Å². The monoisotopic (exact) mass is 215 g/mol. The van der Waals surface area contributed by atoms with Gasteiger partial charge in [0, 0.05) is 40.5 Å². The van der Waals surface area contributed by atoms with Crippen LogP contribution in [0.5, 0.6) is 0 Å². The van der Waals surface area contributed by atoms with E-state index in [-0.39, 0.29) is 12.1 Å². The molecule has 14 heavy (non-hydrogen) atoms. The molecular formula is C10H17NO2S. The molecule has 1 rings (SSSR count). The van der Waals surface area contributed by atoms with E-state index in [1.54, 1.807) is 18.8 Å². The third-order valence-electron chi connectivity index (χ3n) is 2.06. The Bertz CT molecular complexity index is 284. The van der Waals surface area contributed by atoms with Gasteiger partial charge in [-0.15, -0.1) is 0 Å². The number of hydrogen-bond donors (Lipinski definition) is 1. The zero-order valence-corrected chi connectivity index (χ0v) is 9.64. The summed E-state index contributed by atoms with van der Waals surface area (Å²) in [6.07, 6.45) is 5.12. The van der Waals surface area contributed by atoms with Gasteiger partial charge in [0.05, 0.1) is 12.5 Å². The van der Waals surface area contributed by atoms with Crippen molar-refractivity contribution in [2.45, 2.75) is 25.9 Å². The molecule has 4 heteroatoms. The van der Waals surface area contributed by atoms with E-state index in [2.05, 4.69) is 12.2 Å². The highest BCUT2D eigenvalue weighted by Gasteiger charge is 2.10. The lowest BCUT2D eigenvalue weighted by Gasteiger charge is -2.17. The highest BCUT2D eigenvalue weighted by molar-refractivity contribution is 7.84. The van der Waals surface area contributed by atoms with Crippen LogP contribution in [0, 0.1) is 0 Å². The fourth-order valence-corrected chi connectivity index (χ4v) is 2.24. The molecule has 0 saturated carbocycles. The van der Waals surface area contributed by atoms with Gasteiger partial charge in [0.25, 0.3) is 0 Å². The molecular weight excluding hydrogens is 198 g/mol. The lowest BCUT2D eigenvalue weighted by Crippen LogP contribution is -2.32. The molecule has 0 saturated heterocycles. The van der Waals surface area contributed by atoms with Crippen LogP contribution in [0.25, 0.3) is 0 Å². The van der Waals surface area contributed by atoms with Gasteiger partial charge in [-0.25, -0.2) is 0 Å². The zero-order chi connectivity index (χ0) is 10.6. The largest absolute Gasteiger partial charge is 0.472 e. The first kappa shape index (κ1) is 11.5. The number of furan rings is 1. The average molecular weight is 215 g/mol. The Morgan fingerprint density at radius 2 is 2.29 bits per heavy atom. The molecule has 0 aromatic carbocycles. The summed E-state index contributed by atoms with van der Waals surface area (Å²) in [5.41, 5.74) is 1.12. The van der Waals surface area contributed by atoms with E-state index in [4.69, 9.17) is 4.42 Å². The highest BCUT2D eigenvalue weighted by Crippen LogP contribution is 2.12. The predicted molar refractivity (Wildman–Crippen MR) is 58.7 cm³/mol. The molecule has 3 atom stereocenters. The van der Waals surface area contributed by atoms with Crippen LogP contribution < -0.4 is 5.32 Å². The quantitative estimate of drug-likeness (QED) is 0.813. The Morgan fingerprint density at radius 3 is 2.79 bits per heavy atom. The van der Waals surface area contributed by atoms with E-state index in [1.807, 2.05) is 13.0 Å². The van der Waals surface area contributed by atoms with Gasteiger partial charge in [-0.2, -0.15) is 0 Å². The Balaban J connectivity index is 2.41. The summed E-state index contributed by atoms with van der Waals surface area (Å²) in [6.45, 7) is 4.11. The van der Waals surface area contributed by atoms with Crippen LogP contribution in [0.2, 0.25) is 0 Å². The van der Waals surface area contributed by atoms with Crippen LogP contribution in [0.3, 0.4) is 0 Å². The summed E-state index contributed by atoms with van der Waals surface area (Å²) in [5, 5.41) is 3.36. The fourth-order valence-electron chi connectivity index (χ4n) is 1.44. The van der Waals surface area contributed by atoms with Crippen LogP contribution >= 0.6 is 0 Å². The van der Waals surface area contributed by atoms with E-state index in [1.165, 1.54) is 0 Å². The first-order valence-electron chi connectivity index (χ1n) is 4.67. The normalized spacial score (nSPS) is 17.6. The summed E-state index contributed by atoms with van der Waals surface area (Å²) in [7, 11) is -0.745. The smallest absolute Gasteiger partial charge is 0.0950 e. The second kappa shape index (κ2) is 5.32. The summed E-state index contributed by atoms with van der Waals surface area (Å²) in [4.78, 5) is 0. The Labute approximate surface area is 87.3 Å². The maximum absolute atomic E-state index is 11.0. The van der Waals surface area contributed by atoms with Crippen LogP contribution in [0.1, 0.15) is 25.5 Å². The SMILES string of the molecule is CC(CS(C)=O)NC(C)c1ccoc1. The van der Waals surface area contributed by atoms with Gasteiger partial charge in [-0.05, 0) is 19.9 Å². The number of nitrogens with one attached hydrogen (secondary N) is 1. The minimum Gasteiger partial charge on any atom is -0.472 e. The average Bonchev–Trinajstić information content (AvgIpc) is 2.53. The van der Waals surface area contributed by atoms with Gasteiger partial charge in [-0.3, -0.25) is 4.21 Å². The van der Waals surface area contributed by atoms with Gasteiger partial charge in [-0.1, -0.05) is 0 Å². The Hall–Kier alpha value is -0.610. The van der Waals surface area contributed by atoms with E-state index >= 15 is 0 Å². The zero-order valence-electron chi connectivity index (χ0n) is 8.82. The van der Waals surface area contributed by atoms with Crippen molar-refractivity contribution in [3.05, 3.63) is 24.2 Å². The van der Waals surface area contributed by atoms with Gasteiger partial charge in [0.15, 0.2) is 0 Å². The van der Waals surface area contributed by atoms with Crippen molar-refractivity contribution in [1.29, 1.82) is 0 Å². The van der Waals surface area contributed by atoms with E-state index in [9.17, 15) is 4.21 Å². The molecule has 3 nitrogen and oxygen atoms in total. The molecule has 0 radical (unpaired) electrons. The van der Waals surface area contributed by atoms with Crippen molar-refractivity contribution < 1.29 is 8.63 Å². The molecule has 1 N–H and O–H groups in total. The third kappa shape index (κ3) is 3.64. The summed E-state index contributed by atoms with van der Waals surface area (Å²) in [6, 6.07) is 2.44. The molecule has 1 heterocycles. The minimum atomic E-state index is -0.745. The van der Waals surface area contributed by atoms with Crippen LogP contribution in [0.15, 0.2) is 23.0 Å². The Morgan fingerprint density at radius 1 is 1.57 bits per heavy atom. The first-order valence-corrected chi connectivity index (χ1v) is 6.40. The molecule has 0 fully saturated rings. The van der Waals surface area contributed by atoms with E-state index in [0.29, 0.717) is 5.75 Å². The van der Waals surface area contributed by atoms with E-state index in [0.717, 1.165) is 5.56 Å². The van der Waals surface area contributed by atoms with Crippen molar-refractivity contribution in [1.82, 2.24) is 5.32 Å². The van der Waals surface area contributed by atoms with Gasteiger partial charge in [0.2, 0.25) is 0 Å². The molecule has 80 valence electrons. The molecule has 0 aliphatic carbocycles. The molecule has 3 unspecified atom stereocenters. The third-order valence-corrected chi connectivity index (χ3v) is 3.03. The van der Waals surface area contributed by atoms with Crippen molar-refractivity contribution in [2.75, 3.05) is 12.0 Å². The highest BCUT2D eigenvalue weighted by atomic mass is 32.2. The van der Waals surface area contributed by atoms with Crippen molar-refractivity contribution in [2.24, 2.45) is 0 Å². The molecule has 1 aromatic heterocycles. The van der Waals surface area contributed by atoms with Crippen LogP contribution in [-0.2, 0) is 10.8 Å². The topological polar surface area (TPSA) is 42.2 Å². The summed E-state index contributed by atoms with van der Waals surface area (Å²) >= 11 is 0. The maximum atomic E-state index is 11.0. The van der Waals surface area contributed by atoms with Crippen LogP contribution in [-0.4, -0.2) is 22.3 Å². The summed E-state index contributed by atoms with van der Waals surface area (Å²) in [5.74, 6) is 0.683.